The zero-order valence-electron chi connectivity index (χ0n) is 14.2. The first kappa shape index (κ1) is 17.5. The normalized spacial score (nSPS) is 16.2. The van der Waals surface area contributed by atoms with Gasteiger partial charge in [-0.2, -0.15) is 10.4 Å². The molecule has 1 aromatic heterocycles. The van der Waals surface area contributed by atoms with Crippen LogP contribution in [0.5, 0.6) is 0 Å². The van der Waals surface area contributed by atoms with Gasteiger partial charge in [-0.15, -0.1) is 0 Å². The van der Waals surface area contributed by atoms with E-state index in [0.29, 0.717) is 28.1 Å². The summed E-state index contributed by atoms with van der Waals surface area (Å²) in [7, 11) is 2.15. The first-order valence-corrected chi connectivity index (χ1v) is 8.75. The fourth-order valence-electron chi connectivity index (χ4n) is 2.92. The topological polar surface area (TPSA) is 80.1 Å². The molecule has 7 heteroatoms. The van der Waals surface area contributed by atoms with Crippen molar-refractivity contribution in [3.05, 3.63) is 34.9 Å². The largest absolute Gasteiger partial charge is 0.339 e. The Morgan fingerprint density at radius 1 is 1.48 bits per heavy atom. The van der Waals surface area contributed by atoms with Gasteiger partial charge >= 0.3 is 0 Å². The van der Waals surface area contributed by atoms with E-state index in [-0.39, 0.29) is 0 Å². The predicted octanol–water partition coefficient (Wildman–Crippen LogP) is 4.11. The third-order valence-electron chi connectivity index (χ3n) is 4.44. The van der Waals surface area contributed by atoms with Gasteiger partial charge in [0.2, 0.25) is 0 Å². The molecular formula is C18H21ClN6. The van der Waals surface area contributed by atoms with E-state index in [1.807, 2.05) is 18.3 Å². The van der Waals surface area contributed by atoms with E-state index in [9.17, 15) is 5.26 Å². The van der Waals surface area contributed by atoms with Crippen LogP contribution in [-0.2, 0) is 0 Å². The number of nitrogens with one attached hydrogen (secondary N) is 2. The lowest BCUT2D eigenvalue weighted by molar-refractivity contribution is 0.224. The van der Waals surface area contributed by atoms with Crippen LogP contribution in [0.25, 0.3) is 0 Å². The number of rotatable bonds is 5. The first-order chi connectivity index (χ1) is 12.2. The Kier molecular flexibility index (Phi) is 5.69. The van der Waals surface area contributed by atoms with Gasteiger partial charge in [-0.3, -0.25) is 5.10 Å². The zero-order valence-corrected chi connectivity index (χ0v) is 14.9. The summed E-state index contributed by atoms with van der Waals surface area (Å²) < 4.78 is 0. The molecule has 0 spiro atoms. The summed E-state index contributed by atoms with van der Waals surface area (Å²) in [6, 6.07) is 9.46. The number of nitriles is 1. The van der Waals surface area contributed by atoms with Crippen molar-refractivity contribution < 1.29 is 0 Å². The maximum absolute atomic E-state index is 9.44. The molecule has 0 amide bonds. The van der Waals surface area contributed by atoms with Crippen molar-refractivity contribution in [2.24, 2.45) is 10.9 Å². The third kappa shape index (κ3) is 4.59. The van der Waals surface area contributed by atoms with Crippen LogP contribution in [-0.4, -0.2) is 41.4 Å². The highest BCUT2D eigenvalue weighted by Gasteiger charge is 2.16. The molecule has 0 radical (unpaired) electrons. The van der Waals surface area contributed by atoms with Crippen LogP contribution in [0.15, 0.2) is 29.3 Å². The summed E-state index contributed by atoms with van der Waals surface area (Å²) in [5.74, 6) is 1.60. The van der Waals surface area contributed by atoms with Gasteiger partial charge in [0.15, 0.2) is 5.82 Å². The number of anilines is 2. The molecule has 1 aliphatic rings. The fraction of sp³-hybridized carbons (Fsp3) is 0.389. The number of aliphatic imine (C=N–C) groups is 1. The standard InChI is InChI=1S/C18H21ClN6/c1-25-9-6-13(7-10-25)5-8-21-17-16(12-20)18(24-23-17)22-15-4-2-3-14(19)11-15/h2-4,8,11,13H,5-7,9-10H2,1H3,(H2,22,23,24). The Balaban J connectivity index is 1.65. The number of nitrogens with zero attached hydrogens (tertiary/aromatic N) is 4. The SMILES string of the molecule is CN1CCC(CC=Nc2n[nH]c(Nc3cccc(Cl)c3)c2C#N)CC1. The van der Waals surface area contributed by atoms with E-state index in [0.717, 1.165) is 25.2 Å². The van der Waals surface area contributed by atoms with Crippen molar-refractivity contribution in [1.82, 2.24) is 15.1 Å². The lowest BCUT2D eigenvalue weighted by atomic mass is 9.94. The molecule has 25 heavy (non-hydrogen) atoms. The molecular weight excluding hydrogens is 336 g/mol. The molecule has 130 valence electrons. The number of aromatic nitrogens is 2. The fourth-order valence-corrected chi connectivity index (χ4v) is 3.11. The minimum Gasteiger partial charge on any atom is -0.339 e. The minimum atomic E-state index is 0.402. The molecule has 0 saturated carbocycles. The van der Waals surface area contributed by atoms with Gasteiger partial charge in [0.1, 0.15) is 17.5 Å². The van der Waals surface area contributed by atoms with Crippen LogP contribution in [0.2, 0.25) is 5.02 Å². The number of likely N-dealkylation sites (tertiary alicyclic amines) is 1. The molecule has 6 nitrogen and oxygen atoms in total. The van der Waals surface area contributed by atoms with Gasteiger partial charge in [0.05, 0.1) is 0 Å². The predicted molar refractivity (Wildman–Crippen MR) is 101 cm³/mol. The van der Waals surface area contributed by atoms with E-state index in [4.69, 9.17) is 11.6 Å². The summed E-state index contributed by atoms with van der Waals surface area (Å²) in [6.07, 6.45) is 5.18. The average molecular weight is 357 g/mol. The Morgan fingerprint density at radius 2 is 2.28 bits per heavy atom. The molecule has 1 fully saturated rings. The van der Waals surface area contributed by atoms with Crippen LogP contribution >= 0.6 is 11.6 Å². The smallest absolute Gasteiger partial charge is 0.193 e. The summed E-state index contributed by atoms with van der Waals surface area (Å²) >= 11 is 5.98. The van der Waals surface area contributed by atoms with Crippen molar-refractivity contribution in [2.45, 2.75) is 19.3 Å². The highest BCUT2D eigenvalue weighted by molar-refractivity contribution is 6.30. The summed E-state index contributed by atoms with van der Waals surface area (Å²) in [5.41, 5.74) is 1.19. The average Bonchev–Trinajstić information content (AvgIpc) is 2.98. The van der Waals surface area contributed by atoms with Crippen LogP contribution in [0, 0.1) is 17.2 Å². The van der Waals surface area contributed by atoms with Crippen LogP contribution in [0.4, 0.5) is 17.3 Å². The third-order valence-corrected chi connectivity index (χ3v) is 4.68. The summed E-state index contributed by atoms with van der Waals surface area (Å²) in [5, 5.41) is 20.2. The van der Waals surface area contributed by atoms with Gasteiger partial charge in [0.25, 0.3) is 0 Å². The molecule has 1 aromatic carbocycles. The highest BCUT2D eigenvalue weighted by atomic mass is 35.5. The molecule has 2 heterocycles. The molecule has 0 unspecified atom stereocenters. The van der Waals surface area contributed by atoms with Gasteiger partial charge in [-0.25, -0.2) is 4.99 Å². The van der Waals surface area contributed by atoms with Gasteiger partial charge in [-0.1, -0.05) is 17.7 Å². The molecule has 0 atom stereocenters. The molecule has 2 aromatic rings. The monoisotopic (exact) mass is 356 g/mol. The minimum absolute atomic E-state index is 0.402. The number of hydrogen-bond donors (Lipinski definition) is 2. The van der Waals surface area contributed by atoms with Crippen molar-refractivity contribution >= 4 is 35.1 Å². The first-order valence-electron chi connectivity index (χ1n) is 8.38. The van der Waals surface area contributed by atoms with Crippen molar-refractivity contribution in [2.75, 3.05) is 25.5 Å². The van der Waals surface area contributed by atoms with Gasteiger partial charge in [-0.05, 0) is 63.5 Å². The molecule has 2 N–H and O–H groups in total. The van der Waals surface area contributed by atoms with Crippen LogP contribution in [0.1, 0.15) is 24.8 Å². The van der Waals surface area contributed by atoms with E-state index >= 15 is 0 Å². The van der Waals surface area contributed by atoms with E-state index in [1.165, 1.54) is 12.8 Å². The molecule has 0 aliphatic carbocycles. The number of piperidine rings is 1. The lowest BCUT2D eigenvalue weighted by Crippen LogP contribution is -2.30. The van der Waals surface area contributed by atoms with E-state index in [1.54, 1.807) is 12.1 Å². The molecule has 0 bridgehead atoms. The maximum atomic E-state index is 9.44. The Bertz CT molecular complexity index is 783. The van der Waals surface area contributed by atoms with E-state index in [2.05, 4.69) is 38.5 Å². The Hall–Kier alpha value is -2.36. The maximum Gasteiger partial charge on any atom is 0.193 e. The number of H-pyrrole nitrogens is 1. The molecule has 1 saturated heterocycles. The number of aromatic amines is 1. The van der Waals surface area contributed by atoms with E-state index < -0.39 is 0 Å². The second kappa shape index (κ2) is 8.15. The van der Waals surface area contributed by atoms with Gasteiger partial charge in [0, 0.05) is 16.9 Å². The zero-order chi connectivity index (χ0) is 17.6. The van der Waals surface area contributed by atoms with Crippen molar-refractivity contribution in [3.63, 3.8) is 0 Å². The van der Waals surface area contributed by atoms with Gasteiger partial charge < -0.3 is 10.2 Å². The molecule has 1 aliphatic heterocycles. The highest BCUT2D eigenvalue weighted by Crippen LogP contribution is 2.27. The number of benzene rings is 1. The van der Waals surface area contributed by atoms with Crippen LogP contribution in [0.3, 0.4) is 0 Å². The summed E-state index contributed by atoms with van der Waals surface area (Å²) in [4.78, 5) is 6.75. The van der Waals surface area contributed by atoms with Crippen molar-refractivity contribution in [3.8, 4) is 6.07 Å². The number of hydrogen-bond acceptors (Lipinski definition) is 5. The lowest BCUT2D eigenvalue weighted by Gasteiger charge is -2.27. The second-order valence-electron chi connectivity index (χ2n) is 6.34. The van der Waals surface area contributed by atoms with Crippen molar-refractivity contribution in [1.29, 1.82) is 5.26 Å². The number of halogens is 1. The van der Waals surface area contributed by atoms with Crippen LogP contribution < -0.4 is 5.32 Å². The summed E-state index contributed by atoms with van der Waals surface area (Å²) in [6.45, 7) is 2.27. The molecule has 3 rings (SSSR count). The Labute approximate surface area is 152 Å². The second-order valence-corrected chi connectivity index (χ2v) is 6.77. The Morgan fingerprint density at radius 3 is 3.00 bits per heavy atom. The quantitative estimate of drug-likeness (QED) is 0.790.